The number of aliphatic imine (C=N–C) groups is 2. The minimum absolute atomic E-state index is 0.833. The molecule has 1 rings (SSSR count). The number of aryl methyl sites for hydroxylation is 1. The van der Waals surface area contributed by atoms with E-state index in [1.165, 1.54) is 5.56 Å². The molecule has 25 heavy (non-hydrogen) atoms. The molecule has 146 valence electrons. The first kappa shape index (κ1) is 30.9. The van der Waals surface area contributed by atoms with Crippen molar-refractivity contribution in [1.29, 1.82) is 0 Å². The summed E-state index contributed by atoms with van der Waals surface area (Å²) in [4.78, 5) is 9.62. The second kappa shape index (κ2) is 27.0. The zero-order valence-electron chi connectivity index (χ0n) is 18.6. The summed E-state index contributed by atoms with van der Waals surface area (Å²) in [5.41, 5.74) is 2.37. The first-order valence-electron chi connectivity index (χ1n) is 9.25. The second-order valence-corrected chi connectivity index (χ2v) is 4.44. The molecule has 0 saturated heterocycles. The number of hydrogen-bond acceptors (Lipinski definition) is 2. The molecule has 0 aliphatic rings. The fraction of sp³-hybridized carbons (Fsp3) is 0.545. The lowest BCUT2D eigenvalue weighted by Gasteiger charge is -2.21. The van der Waals surface area contributed by atoms with Crippen LogP contribution in [0.25, 0.3) is 0 Å². The maximum Gasteiger partial charge on any atom is 0.0995 e. The first-order chi connectivity index (χ1) is 11.9. The van der Waals surface area contributed by atoms with Crippen LogP contribution in [0.3, 0.4) is 0 Å². The Labute approximate surface area is 158 Å². The molecule has 0 radical (unpaired) electrons. The van der Waals surface area contributed by atoms with Crippen LogP contribution in [0.5, 0.6) is 0 Å². The molecule has 3 heteroatoms. The van der Waals surface area contributed by atoms with Crippen molar-refractivity contribution in [3.05, 3.63) is 48.2 Å². The van der Waals surface area contributed by atoms with Crippen molar-refractivity contribution in [2.24, 2.45) is 9.98 Å². The molecule has 0 N–H and O–H groups in total. The number of benzene rings is 1. The third kappa shape index (κ3) is 24.5. The van der Waals surface area contributed by atoms with Crippen molar-refractivity contribution < 1.29 is 0 Å². The van der Waals surface area contributed by atoms with Gasteiger partial charge in [0, 0.05) is 25.8 Å². The van der Waals surface area contributed by atoms with E-state index in [2.05, 4.69) is 54.2 Å². The van der Waals surface area contributed by atoms with E-state index in [9.17, 15) is 0 Å². The van der Waals surface area contributed by atoms with Gasteiger partial charge in [-0.2, -0.15) is 0 Å². The largest absolute Gasteiger partial charge is 0.335 e. The monoisotopic (exact) mass is 349 g/mol. The fourth-order valence-corrected chi connectivity index (χ4v) is 1.43. The van der Waals surface area contributed by atoms with Gasteiger partial charge in [0.05, 0.1) is 5.84 Å². The molecule has 0 aromatic heterocycles. The number of nitrogens with zero attached hydrogens (tertiary/aromatic N) is 3. The van der Waals surface area contributed by atoms with Crippen LogP contribution < -0.4 is 0 Å². The van der Waals surface area contributed by atoms with Gasteiger partial charge in [-0.05, 0) is 41.3 Å². The van der Waals surface area contributed by atoms with Gasteiger partial charge in [0.15, 0.2) is 0 Å². The lowest BCUT2D eigenvalue weighted by molar-refractivity contribution is 0.541. The summed E-state index contributed by atoms with van der Waals surface area (Å²) in [5, 5.41) is 0. The first-order valence-corrected chi connectivity index (χ1v) is 9.25. The van der Waals surface area contributed by atoms with Crippen LogP contribution in [0, 0.1) is 6.92 Å². The third-order valence-corrected chi connectivity index (χ3v) is 2.66. The average Bonchev–Trinajstić information content (AvgIpc) is 2.66. The Balaban J connectivity index is -0.000000128. The molecule has 0 amide bonds. The van der Waals surface area contributed by atoms with Crippen molar-refractivity contribution in [2.45, 2.75) is 62.3 Å². The Morgan fingerprint density at radius 2 is 1.40 bits per heavy atom. The van der Waals surface area contributed by atoms with Gasteiger partial charge in [0.25, 0.3) is 0 Å². The fourth-order valence-electron chi connectivity index (χ4n) is 1.43. The van der Waals surface area contributed by atoms with E-state index in [-0.39, 0.29) is 0 Å². The van der Waals surface area contributed by atoms with Crippen LogP contribution in [0.15, 0.2) is 52.6 Å². The third-order valence-electron chi connectivity index (χ3n) is 2.66. The Bertz CT molecular complexity index is 409. The van der Waals surface area contributed by atoms with Crippen LogP contribution in [-0.2, 0) is 0 Å². The van der Waals surface area contributed by atoms with Crippen LogP contribution in [0.4, 0.5) is 0 Å². The minimum atomic E-state index is 0.833. The summed E-state index contributed by atoms with van der Waals surface area (Å²) in [6, 6.07) is 10.3. The maximum atomic E-state index is 4.06. The van der Waals surface area contributed by atoms with Gasteiger partial charge in [-0.15, -0.1) is 0 Å². The molecule has 0 saturated carbocycles. The van der Waals surface area contributed by atoms with Gasteiger partial charge in [0.2, 0.25) is 0 Å². The normalized spacial score (nSPS) is 8.48. The van der Waals surface area contributed by atoms with Gasteiger partial charge >= 0.3 is 0 Å². The van der Waals surface area contributed by atoms with Crippen molar-refractivity contribution >= 4 is 12.6 Å². The molecule has 0 heterocycles. The number of hydrogen-bond donors (Lipinski definition) is 0. The van der Waals surface area contributed by atoms with Gasteiger partial charge in [-0.3, -0.25) is 4.99 Å². The Hall–Kier alpha value is -1.90. The Morgan fingerprint density at radius 3 is 1.52 bits per heavy atom. The number of rotatable bonds is 3. The zero-order valence-corrected chi connectivity index (χ0v) is 18.6. The van der Waals surface area contributed by atoms with Gasteiger partial charge in [-0.25, -0.2) is 0 Å². The number of amidine groups is 1. The topological polar surface area (TPSA) is 28.0 Å². The van der Waals surface area contributed by atoms with Crippen molar-refractivity contribution in [1.82, 2.24) is 4.90 Å². The van der Waals surface area contributed by atoms with Crippen LogP contribution in [-0.4, -0.2) is 37.6 Å². The highest BCUT2D eigenvalue weighted by Crippen LogP contribution is 2.00. The molecule has 0 atom stereocenters. The standard InChI is InChI=1S/C8H16N2.C7H8.C3H7N.2C2H6/c1-6-10(7(2)3)8(4)9-5;1-7-5-3-2-4-6-7;1-3-4-2;2*1-2/h2,6H2,1,3-5H3;2-6H,1H3;2-3H2,1H3;2*1-2H3. The molecule has 0 aliphatic carbocycles. The molecular weight excluding hydrogens is 306 g/mol. The smallest absolute Gasteiger partial charge is 0.0995 e. The molecule has 1 aromatic carbocycles. The summed E-state index contributed by atoms with van der Waals surface area (Å²) in [6.45, 7) is 26.9. The predicted octanol–water partition coefficient (Wildman–Crippen LogP) is 6.64. The molecule has 0 spiro atoms. The second-order valence-electron chi connectivity index (χ2n) is 4.44. The highest BCUT2D eigenvalue weighted by Gasteiger charge is 2.01. The molecule has 1 aromatic rings. The SMILES string of the molecule is C=C(C)N(CC)C(C)=NC.C=NCC.CC.CC.Cc1ccccc1. The molecule has 0 bridgehead atoms. The highest BCUT2D eigenvalue weighted by atomic mass is 15.2. The highest BCUT2D eigenvalue weighted by molar-refractivity contribution is 5.81. The van der Waals surface area contributed by atoms with E-state index in [1.807, 2.05) is 66.7 Å². The Kier molecular flexibility index (Phi) is 33.4. The molecule has 0 fully saturated rings. The van der Waals surface area contributed by atoms with E-state index in [0.717, 1.165) is 24.6 Å². The molecule has 3 nitrogen and oxygen atoms in total. The maximum absolute atomic E-state index is 4.06. The van der Waals surface area contributed by atoms with Crippen molar-refractivity contribution in [3.63, 3.8) is 0 Å². The van der Waals surface area contributed by atoms with E-state index < -0.39 is 0 Å². The van der Waals surface area contributed by atoms with Gasteiger partial charge < -0.3 is 9.89 Å². The van der Waals surface area contributed by atoms with E-state index in [4.69, 9.17) is 0 Å². The van der Waals surface area contributed by atoms with Crippen molar-refractivity contribution in [2.75, 3.05) is 20.1 Å². The summed E-state index contributed by atoms with van der Waals surface area (Å²) in [6.07, 6.45) is 0. The summed E-state index contributed by atoms with van der Waals surface area (Å²) in [5.74, 6) is 1.02. The number of allylic oxidation sites excluding steroid dienone is 1. The average molecular weight is 350 g/mol. The van der Waals surface area contributed by atoms with Gasteiger partial charge in [0.1, 0.15) is 0 Å². The predicted molar refractivity (Wildman–Crippen MR) is 120 cm³/mol. The zero-order chi connectivity index (χ0) is 20.7. The van der Waals surface area contributed by atoms with Crippen LogP contribution in [0.1, 0.15) is 61.0 Å². The van der Waals surface area contributed by atoms with Gasteiger partial charge in [-0.1, -0.05) is 70.2 Å². The molecule has 0 unspecified atom stereocenters. The summed E-state index contributed by atoms with van der Waals surface area (Å²) >= 11 is 0. The van der Waals surface area contributed by atoms with Crippen LogP contribution in [0.2, 0.25) is 0 Å². The lowest BCUT2D eigenvalue weighted by atomic mass is 10.2. The minimum Gasteiger partial charge on any atom is -0.335 e. The van der Waals surface area contributed by atoms with Crippen LogP contribution >= 0.6 is 0 Å². The molecule has 0 aliphatic heterocycles. The van der Waals surface area contributed by atoms with E-state index in [0.29, 0.717) is 0 Å². The van der Waals surface area contributed by atoms with E-state index in [1.54, 1.807) is 7.05 Å². The van der Waals surface area contributed by atoms with E-state index >= 15 is 0 Å². The quantitative estimate of drug-likeness (QED) is 0.444. The lowest BCUT2D eigenvalue weighted by Crippen LogP contribution is -2.25. The Morgan fingerprint density at radius 1 is 1.00 bits per heavy atom. The summed E-state index contributed by atoms with van der Waals surface area (Å²) < 4.78 is 0. The molecular formula is C22H43N3. The van der Waals surface area contributed by atoms with Crippen molar-refractivity contribution in [3.8, 4) is 0 Å². The summed E-state index contributed by atoms with van der Waals surface area (Å²) in [7, 11) is 1.79.